The quantitative estimate of drug-likeness (QED) is 0.754. The van der Waals surface area contributed by atoms with E-state index in [0.29, 0.717) is 17.9 Å². The second kappa shape index (κ2) is 7.11. The molecule has 23 heavy (non-hydrogen) atoms. The highest BCUT2D eigenvalue weighted by atomic mass is 16.4. The van der Waals surface area contributed by atoms with Gasteiger partial charge in [-0.25, -0.2) is 0 Å². The van der Waals surface area contributed by atoms with Gasteiger partial charge in [0, 0.05) is 19.0 Å². The Hall–Kier alpha value is -2.60. The van der Waals surface area contributed by atoms with Crippen LogP contribution in [0.15, 0.2) is 47.1 Å². The van der Waals surface area contributed by atoms with Gasteiger partial charge in [-0.2, -0.15) is 0 Å². The number of furan rings is 1. The molecule has 1 aromatic carbocycles. The van der Waals surface area contributed by atoms with Crippen molar-refractivity contribution < 1.29 is 19.1 Å². The van der Waals surface area contributed by atoms with Crippen LogP contribution in [0, 0.1) is 0 Å². The van der Waals surface area contributed by atoms with Gasteiger partial charge < -0.3 is 20.2 Å². The molecular weight excluding hydrogens is 296 g/mol. The molecule has 0 spiro atoms. The molecule has 0 aliphatic rings. The summed E-state index contributed by atoms with van der Waals surface area (Å²) >= 11 is 0. The third kappa shape index (κ3) is 4.69. The average Bonchev–Trinajstić information content (AvgIpc) is 3.06. The molecule has 6 nitrogen and oxygen atoms in total. The molecule has 0 fully saturated rings. The first-order valence-electron chi connectivity index (χ1n) is 7.26. The highest BCUT2D eigenvalue weighted by Crippen LogP contribution is 2.19. The molecule has 0 radical (unpaired) electrons. The summed E-state index contributed by atoms with van der Waals surface area (Å²) in [6, 6.07) is 10.2. The number of hydrogen-bond donors (Lipinski definition) is 3. The predicted molar refractivity (Wildman–Crippen MR) is 84.6 cm³/mol. The van der Waals surface area contributed by atoms with Crippen LogP contribution in [0.2, 0.25) is 0 Å². The monoisotopic (exact) mass is 316 g/mol. The van der Waals surface area contributed by atoms with Crippen LogP contribution in [-0.2, 0) is 16.9 Å². The summed E-state index contributed by atoms with van der Waals surface area (Å²) in [5, 5.41) is 15.7. The summed E-state index contributed by atoms with van der Waals surface area (Å²) < 4.78 is 5.16. The van der Waals surface area contributed by atoms with Gasteiger partial charge in [0.1, 0.15) is 11.4 Å². The van der Waals surface area contributed by atoms with E-state index in [9.17, 15) is 14.7 Å². The Balaban J connectivity index is 1.92. The lowest BCUT2D eigenvalue weighted by Crippen LogP contribution is -2.38. The normalized spacial score (nSPS) is 13.2. The fourth-order valence-corrected chi connectivity index (χ4v) is 2.03. The minimum absolute atomic E-state index is 0.0347. The van der Waals surface area contributed by atoms with Crippen LogP contribution in [-0.4, -0.2) is 23.5 Å². The Bertz CT molecular complexity index is 660. The first-order chi connectivity index (χ1) is 10.9. The molecule has 0 saturated heterocycles. The lowest BCUT2D eigenvalue weighted by Gasteiger charge is -2.21. The number of benzene rings is 1. The molecule has 1 aromatic heterocycles. The van der Waals surface area contributed by atoms with Crippen LogP contribution in [0.25, 0.3) is 0 Å². The molecule has 1 heterocycles. The van der Waals surface area contributed by atoms with Crippen LogP contribution in [0.1, 0.15) is 35.5 Å². The molecule has 0 saturated carbocycles. The lowest BCUT2D eigenvalue weighted by atomic mass is 10.0. The summed E-state index contributed by atoms with van der Waals surface area (Å²) in [4.78, 5) is 23.0. The molecule has 0 bridgehead atoms. The number of amides is 2. The fraction of sp³-hybridized carbons (Fsp3) is 0.294. The summed E-state index contributed by atoms with van der Waals surface area (Å²) in [7, 11) is 0. The Morgan fingerprint density at radius 3 is 2.43 bits per heavy atom. The molecule has 2 amide bonds. The van der Waals surface area contributed by atoms with Gasteiger partial charge in [-0.1, -0.05) is 12.1 Å². The van der Waals surface area contributed by atoms with Gasteiger partial charge >= 0.3 is 0 Å². The summed E-state index contributed by atoms with van der Waals surface area (Å²) in [6.07, 6.45) is 1.47. The van der Waals surface area contributed by atoms with Crippen molar-refractivity contribution in [1.29, 1.82) is 0 Å². The molecule has 122 valence electrons. The largest absolute Gasteiger partial charge is 0.466 e. The fourth-order valence-electron chi connectivity index (χ4n) is 2.03. The number of hydrogen-bond acceptors (Lipinski definition) is 4. The van der Waals surface area contributed by atoms with Crippen LogP contribution in [0.5, 0.6) is 0 Å². The lowest BCUT2D eigenvalue weighted by molar-refractivity contribution is -0.119. The molecular formula is C17H20N2O4. The van der Waals surface area contributed by atoms with E-state index in [2.05, 4.69) is 10.6 Å². The summed E-state index contributed by atoms with van der Waals surface area (Å²) in [6.45, 7) is 3.48. The van der Waals surface area contributed by atoms with Crippen LogP contribution in [0.3, 0.4) is 0 Å². The van der Waals surface area contributed by atoms with Gasteiger partial charge in [0.15, 0.2) is 0 Å². The number of nitrogens with one attached hydrogen (secondary N) is 2. The van der Waals surface area contributed by atoms with Crippen molar-refractivity contribution in [2.24, 2.45) is 0 Å². The van der Waals surface area contributed by atoms with Gasteiger partial charge in [0.2, 0.25) is 5.91 Å². The maximum absolute atomic E-state index is 12.1. The molecule has 1 unspecified atom stereocenters. The van der Waals surface area contributed by atoms with E-state index in [1.807, 2.05) is 0 Å². The Morgan fingerprint density at radius 1 is 1.17 bits per heavy atom. The van der Waals surface area contributed by atoms with E-state index >= 15 is 0 Å². The van der Waals surface area contributed by atoms with Crippen molar-refractivity contribution in [3.8, 4) is 0 Å². The standard InChI is InChI=1S/C17H20N2O4/c1-12(20)18-10-13-5-7-14(8-6-13)16(21)19-11-17(2,22)15-4-3-9-23-15/h3-9,22H,10-11H2,1-2H3,(H,18,20)(H,19,21). The molecule has 3 N–H and O–H groups in total. The van der Waals surface area contributed by atoms with Gasteiger partial charge in [-0.05, 0) is 36.8 Å². The summed E-state index contributed by atoms with van der Waals surface area (Å²) in [5.41, 5.74) is 0.107. The molecule has 1 atom stereocenters. The molecule has 2 aromatic rings. The second-order valence-electron chi connectivity index (χ2n) is 5.54. The molecule has 6 heteroatoms. The van der Waals surface area contributed by atoms with E-state index in [4.69, 9.17) is 4.42 Å². The maximum atomic E-state index is 12.1. The summed E-state index contributed by atoms with van der Waals surface area (Å²) in [5.74, 6) is -0.00154. The maximum Gasteiger partial charge on any atom is 0.251 e. The third-order valence-electron chi connectivity index (χ3n) is 3.40. The van der Waals surface area contributed by atoms with Gasteiger partial charge in [-0.15, -0.1) is 0 Å². The number of rotatable bonds is 6. The van der Waals surface area contributed by atoms with E-state index in [-0.39, 0.29) is 18.4 Å². The van der Waals surface area contributed by atoms with Crippen molar-refractivity contribution in [3.63, 3.8) is 0 Å². The first kappa shape index (κ1) is 16.8. The highest BCUT2D eigenvalue weighted by Gasteiger charge is 2.26. The van der Waals surface area contributed by atoms with Gasteiger partial charge in [0.05, 0.1) is 12.8 Å². The van der Waals surface area contributed by atoms with Crippen molar-refractivity contribution in [1.82, 2.24) is 10.6 Å². The second-order valence-corrected chi connectivity index (χ2v) is 5.54. The average molecular weight is 316 g/mol. The smallest absolute Gasteiger partial charge is 0.251 e. The Kier molecular flexibility index (Phi) is 5.18. The topological polar surface area (TPSA) is 91.6 Å². The molecule has 0 aliphatic heterocycles. The zero-order valence-electron chi connectivity index (χ0n) is 13.1. The van der Waals surface area contributed by atoms with Gasteiger partial charge in [-0.3, -0.25) is 9.59 Å². The minimum atomic E-state index is -1.27. The number of aliphatic hydroxyl groups is 1. The predicted octanol–water partition coefficient (Wildman–Crippen LogP) is 1.55. The van der Waals surface area contributed by atoms with Crippen molar-refractivity contribution in [2.45, 2.75) is 26.0 Å². The van der Waals surface area contributed by atoms with E-state index in [1.165, 1.54) is 13.2 Å². The van der Waals surface area contributed by atoms with Crippen LogP contribution in [0.4, 0.5) is 0 Å². The highest BCUT2D eigenvalue weighted by molar-refractivity contribution is 5.94. The van der Waals surface area contributed by atoms with E-state index in [0.717, 1.165) is 5.56 Å². The van der Waals surface area contributed by atoms with E-state index in [1.54, 1.807) is 43.3 Å². The van der Waals surface area contributed by atoms with Crippen molar-refractivity contribution in [2.75, 3.05) is 6.54 Å². The van der Waals surface area contributed by atoms with Crippen molar-refractivity contribution >= 4 is 11.8 Å². The SMILES string of the molecule is CC(=O)NCc1ccc(C(=O)NCC(C)(O)c2ccco2)cc1. The molecule has 2 rings (SSSR count). The van der Waals surface area contributed by atoms with E-state index < -0.39 is 5.60 Å². The Labute approximate surface area is 134 Å². The van der Waals surface area contributed by atoms with Crippen LogP contribution >= 0.6 is 0 Å². The van der Waals surface area contributed by atoms with Crippen molar-refractivity contribution in [3.05, 3.63) is 59.5 Å². The molecule has 0 aliphatic carbocycles. The Morgan fingerprint density at radius 2 is 1.87 bits per heavy atom. The zero-order valence-corrected chi connectivity index (χ0v) is 13.1. The number of carbonyl (C=O) groups is 2. The number of carbonyl (C=O) groups excluding carboxylic acids is 2. The minimum Gasteiger partial charge on any atom is -0.466 e. The first-order valence-corrected chi connectivity index (χ1v) is 7.26. The third-order valence-corrected chi connectivity index (χ3v) is 3.40. The van der Waals surface area contributed by atoms with Gasteiger partial charge in [0.25, 0.3) is 5.91 Å². The van der Waals surface area contributed by atoms with Crippen LogP contribution < -0.4 is 10.6 Å². The zero-order chi connectivity index (χ0) is 16.9.